The monoisotopic (exact) mass is 210 g/mol. The second-order valence-corrected chi connectivity index (χ2v) is 5.72. The Morgan fingerprint density at radius 2 is 2.36 bits per heavy atom. The average Bonchev–Trinajstić information content (AvgIpc) is 2.48. The second-order valence-electron chi connectivity index (χ2n) is 4.78. The number of hydrogen-bond donors (Lipinski definition) is 1. The molecule has 0 bridgehead atoms. The minimum Gasteiger partial charge on any atom is -0.330 e. The topological polar surface area (TPSA) is 38.9 Å². The lowest BCUT2D eigenvalue weighted by Crippen LogP contribution is -2.43. The predicted octanol–water partition coefficient (Wildman–Crippen LogP) is 2.37. The molecule has 1 aliphatic rings. The summed E-state index contributed by atoms with van der Waals surface area (Å²) >= 11 is 1.78. The Hall–Kier alpha value is -0.410. The van der Waals surface area contributed by atoms with Crippen molar-refractivity contribution in [3.8, 4) is 0 Å². The molecule has 0 aliphatic heterocycles. The van der Waals surface area contributed by atoms with Crippen molar-refractivity contribution in [2.75, 3.05) is 6.54 Å². The zero-order valence-electron chi connectivity index (χ0n) is 8.92. The van der Waals surface area contributed by atoms with Crippen molar-refractivity contribution in [3.63, 3.8) is 0 Å². The zero-order chi connectivity index (χ0) is 10.2. The van der Waals surface area contributed by atoms with Gasteiger partial charge in [0.15, 0.2) is 0 Å². The average molecular weight is 210 g/mol. The molecule has 14 heavy (non-hydrogen) atoms. The van der Waals surface area contributed by atoms with Crippen molar-refractivity contribution in [3.05, 3.63) is 16.1 Å². The lowest BCUT2D eigenvalue weighted by molar-refractivity contribution is 0.0760. The van der Waals surface area contributed by atoms with E-state index in [0.29, 0.717) is 5.41 Å². The summed E-state index contributed by atoms with van der Waals surface area (Å²) in [6.45, 7) is 5.18. The molecule has 0 aromatic carbocycles. The van der Waals surface area contributed by atoms with E-state index in [4.69, 9.17) is 5.73 Å². The molecule has 1 saturated carbocycles. The van der Waals surface area contributed by atoms with E-state index in [-0.39, 0.29) is 0 Å². The molecule has 0 saturated heterocycles. The van der Waals surface area contributed by atoms with Crippen LogP contribution in [0.3, 0.4) is 0 Å². The maximum Gasteiger partial charge on any atom is 0.0934 e. The fourth-order valence-electron chi connectivity index (χ4n) is 2.61. The van der Waals surface area contributed by atoms with Gasteiger partial charge in [0.25, 0.3) is 0 Å². The maximum absolute atomic E-state index is 5.86. The fraction of sp³-hybridized carbons (Fsp3) is 0.727. The number of aryl methyl sites for hydroxylation is 1. The van der Waals surface area contributed by atoms with Crippen LogP contribution in [0, 0.1) is 18.3 Å². The standard InChI is InChI=1S/C11H18N2S/c1-8-3-11(4-8,7-12)5-10-13-9(2)6-14-10/h6,8H,3-5,7,12H2,1-2H3. The third kappa shape index (κ3) is 1.84. The molecule has 0 atom stereocenters. The van der Waals surface area contributed by atoms with E-state index in [9.17, 15) is 0 Å². The summed E-state index contributed by atoms with van der Waals surface area (Å²) in [5, 5.41) is 3.39. The summed E-state index contributed by atoms with van der Waals surface area (Å²) in [6.07, 6.45) is 3.65. The Kier molecular flexibility index (Phi) is 2.62. The molecule has 2 N–H and O–H groups in total. The van der Waals surface area contributed by atoms with Gasteiger partial charge in [-0.05, 0) is 37.6 Å². The van der Waals surface area contributed by atoms with Crippen LogP contribution < -0.4 is 5.73 Å². The van der Waals surface area contributed by atoms with Crippen LogP contribution in [0.25, 0.3) is 0 Å². The Morgan fingerprint density at radius 1 is 1.64 bits per heavy atom. The first-order valence-corrected chi connectivity index (χ1v) is 6.13. The van der Waals surface area contributed by atoms with Gasteiger partial charge >= 0.3 is 0 Å². The van der Waals surface area contributed by atoms with E-state index in [0.717, 1.165) is 24.6 Å². The van der Waals surface area contributed by atoms with E-state index in [1.54, 1.807) is 11.3 Å². The molecule has 2 rings (SSSR count). The van der Waals surface area contributed by atoms with Crippen molar-refractivity contribution >= 4 is 11.3 Å². The Bertz CT molecular complexity index is 313. The Morgan fingerprint density at radius 3 is 2.79 bits per heavy atom. The number of thiazole rings is 1. The molecule has 1 fully saturated rings. The van der Waals surface area contributed by atoms with Crippen LogP contribution in [-0.4, -0.2) is 11.5 Å². The van der Waals surface area contributed by atoms with E-state index in [1.807, 2.05) is 0 Å². The minimum absolute atomic E-state index is 0.379. The molecule has 1 aromatic heterocycles. The van der Waals surface area contributed by atoms with Crippen molar-refractivity contribution in [1.29, 1.82) is 0 Å². The van der Waals surface area contributed by atoms with E-state index in [1.165, 1.54) is 17.8 Å². The largest absolute Gasteiger partial charge is 0.330 e. The predicted molar refractivity (Wildman–Crippen MR) is 60.4 cm³/mol. The highest BCUT2D eigenvalue weighted by molar-refractivity contribution is 7.09. The molecule has 1 heterocycles. The van der Waals surface area contributed by atoms with Crippen LogP contribution in [0.5, 0.6) is 0 Å². The normalized spacial score (nSPS) is 31.5. The first-order valence-electron chi connectivity index (χ1n) is 5.25. The van der Waals surface area contributed by atoms with Gasteiger partial charge in [-0.3, -0.25) is 0 Å². The van der Waals surface area contributed by atoms with Gasteiger partial charge in [-0.15, -0.1) is 11.3 Å². The van der Waals surface area contributed by atoms with Gasteiger partial charge in [0.1, 0.15) is 0 Å². The van der Waals surface area contributed by atoms with Crippen LogP contribution in [-0.2, 0) is 6.42 Å². The Balaban J connectivity index is 2.02. The lowest BCUT2D eigenvalue weighted by atomic mass is 9.61. The Labute approximate surface area is 89.5 Å². The molecule has 0 unspecified atom stereocenters. The van der Waals surface area contributed by atoms with Crippen LogP contribution >= 0.6 is 11.3 Å². The molecule has 2 nitrogen and oxygen atoms in total. The van der Waals surface area contributed by atoms with Gasteiger partial charge in [0, 0.05) is 17.5 Å². The number of nitrogens with two attached hydrogens (primary N) is 1. The number of hydrogen-bond acceptors (Lipinski definition) is 3. The lowest BCUT2D eigenvalue weighted by Gasteiger charge is -2.45. The first kappa shape index (κ1) is 10.1. The van der Waals surface area contributed by atoms with Gasteiger partial charge in [-0.25, -0.2) is 4.98 Å². The summed E-state index contributed by atoms with van der Waals surface area (Å²) < 4.78 is 0. The van der Waals surface area contributed by atoms with Crippen LogP contribution in [0.4, 0.5) is 0 Å². The summed E-state index contributed by atoms with van der Waals surface area (Å²) in [7, 11) is 0. The van der Waals surface area contributed by atoms with Gasteiger partial charge in [0.05, 0.1) is 5.01 Å². The quantitative estimate of drug-likeness (QED) is 0.832. The van der Waals surface area contributed by atoms with Crippen molar-refractivity contribution in [2.24, 2.45) is 17.1 Å². The molecule has 1 aliphatic carbocycles. The third-order valence-electron chi connectivity index (χ3n) is 3.19. The highest BCUT2D eigenvalue weighted by atomic mass is 32.1. The molecular formula is C11H18N2S. The van der Waals surface area contributed by atoms with Gasteiger partial charge in [0.2, 0.25) is 0 Å². The number of aromatic nitrogens is 1. The molecule has 78 valence electrons. The second kappa shape index (κ2) is 3.63. The van der Waals surface area contributed by atoms with Crippen LogP contribution in [0.2, 0.25) is 0 Å². The van der Waals surface area contributed by atoms with Crippen molar-refractivity contribution in [1.82, 2.24) is 4.98 Å². The highest BCUT2D eigenvalue weighted by Gasteiger charge is 2.41. The zero-order valence-corrected chi connectivity index (χ0v) is 9.73. The molecule has 0 spiro atoms. The summed E-state index contributed by atoms with van der Waals surface area (Å²) in [5.41, 5.74) is 7.38. The first-order chi connectivity index (χ1) is 6.63. The number of rotatable bonds is 3. The molecule has 0 amide bonds. The molecular weight excluding hydrogens is 192 g/mol. The van der Waals surface area contributed by atoms with E-state index in [2.05, 4.69) is 24.2 Å². The minimum atomic E-state index is 0.379. The molecule has 3 heteroatoms. The van der Waals surface area contributed by atoms with Gasteiger partial charge in [-0.1, -0.05) is 6.92 Å². The van der Waals surface area contributed by atoms with Crippen molar-refractivity contribution in [2.45, 2.75) is 33.1 Å². The number of nitrogens with zero attached hydrogens (tertiary/aromatic N) is 1. The maximum atomic E-state index is 5.86. The van der Waals surface area contributed by atoms with Crippen LogP contribution in [0.1, 0.15) is 30.5 Å². The summed E-state index contributed by atoms with van der Waals surface area (Å²) in [4.78, 5) is 4.51. The summed E-state index contributed by atoms with van der Waals surface area (Å²) in [5.74, 6) is 0.861. The van der Waals surface area contributed by atoms with Crippen molar-refractivity contribution < 1.29 is 0 Å². The van der Waals surface area contributed by atoms with E-state index < -0.39 is 0 Å². The van der Waals surface area contributed by atoms with Gasteiger partial charge in [-0.2, -0.15) is 0 Å². The molecule has 0 radical (unpaired) electrons. The third-order valence-corrected chi connectivity index (χ3v) is 4.16. The highest BCUT2D eigenvalue weighted by Crippen LogP contribution is 2.47. The summed E-state index contributed by atoms with van der Waals surface area (Å²) in [6, 6.07) is 0. The van der Waals surface area contributed by atoms with Crippen LogP contribution in [0.15, 0.2) is 5.38 Å². The molecule has 1 aromatic rings. The smallest absolute Gasteiger partial charge is 0.0934 e. The van der Waals surface area contributed by atoms with Gasteiger partial charge < -0.3 is 5.73 Å². The SMILES string of the molecule is Cc1csc(CC2(CN)CC(C)C2)n1. The fourth-order valence-corrected chi connectivity index (χ4v) is 3.55. The van der Waals surface area contributed by atoms with E-state index >= 15 is 0 Å².